The number of hydrogen-bond donors (Lipinski definition) is 3. The molecular formula is C26H36N2O6. The zero-order chi connectivity index (χ0) is 24.7. The van der Waals surface area contributed by atoms with Crippen molar-refractivity contribution in [2.75, 3.05) is 13.2 Å². The predicted molar refractivity (Wildman–Crippen MR) is 127 cm³/mol. The van der Waals surface area contributed by atoms with Crippen LogP contribution in [0.2, 0.25) is 0 Å². The maximum atomic E-state index is 13.3. The van der Waals surface area contributed by atoms with E-state index in [0.29, 0.717) is 17.0 Å². The van der Waals surface area contributed by atoms with E-state index in [9.17, 15) is 9.90 Å². The summed E-state index contributed by atoms with van der Waals surface area (Å²) in [6, 6.07) is 14.7. The first-order valence-corrected chi connectivity index (χ1v) is 11.8. The van der Waals surface area contributed by atoms with Crippen molar-refractivity contribution in [2.45, 2.75) is 70.6 Å². The standard InChI is InChI=1S/C26H36N2O6/c1-26(2,3)27(25(30)21-14-12-19(13-15-21)17-34-28(31)32)16-22(29)18-33-24-11-7-6-10-23(24)20-8-4-5-9-20/h6-7,10-15,20,22,29,31-32H,4-5,8-9,16-18H2,1-3H3/t22-/m0/s1. The number of aliphatic hydroxyl groups excluding tert-OH is 1. The predicted octanol–water partition coefficient (Wildman–Crippen LogP) is 4.54. The Hall–Kier alpha value is -2.49. The summed E-state index contributed by atoms with van der Waals surface area (Å²) in [5.74, 6) is 1.10. The highest BCUT2D eigenvalue weighted by molar-refractivity contribution is 5.94. The molecule has 8 heteroatoms. The maximum Gasteiger partial charge on any atom is 0.254 e. The normalized spacial score (nSPS) is 15.5. The first-order chi connectivity index (χ1) is 16.1. The van der Waals surface area contributed by atoms with Crippen LogP contribution in [0.4, 0.5) is 0 Å². The number of nitrogens with zero attached hydrogens (tertiary/aromatic N) is 2. The van der Waals surface area contributed by atoms with E-state index in [1.54, 1.807) is 29.2 Å². The molecule has 0 aliphatic heterocycles. The lowest BCUT2D eigenvalue weighted by atomic mass is 9.97. The average Bonchev–Trinajstić information content (AvgIpc) is 3.34. The molecule has 1 amide bonds. The first kappa shape index (κ1) is 26.1. The van der Waals surface area contributed by atoms with Crippen molar-refractivity contribution < 1.29 is 29.9 Å². The zero-order valence-electron chi connectivity index (χ0n) is 20.2. The van der Waals surface area contributed by atoms with Crippen molar-refractivity contribution >= 4 is 5.91 Å². The van der Waals surface area contributed by atoms with Crippen molar-refractivity contribution in [1.82, 2.24) is 10.3 Å². The third kappa shape index (κ3) is 7.25. The van der Waals surface area contributed by atoms with Crippen LogP contribution in [0.15, 0.2) is 48.5 Å². The van der Waals surface area contributed by atoms with E-state index >= 15 is 0 Å². The summed E-state index contributed by atoms with van der Waals surface area (Å²) in [4.78, 5) is 19.5. The van der Waals surface area contributed by atoms with Gasteiger partial charge >= 0.3 is 0 Å². The second kappa shape index (κ2) is 11.8. The molecule has 2 aromatic rings. The van der Waals surface area contributed by atoms with E-state index in [2.05, 4.69) is 10.9 Å². The lowest BCUT2D eigenvalue weighted by molar-refractivity contribution is -0.497. The topological polar surface area (TPSA) is 103 Å². The van der Waals surface area contributed by atoms with Gasteiger partial charge in [-0.2, -0.15) is 0 Å². The van der Waals surface area contributed by atoms with Crippen molar-refractivity contribution in [2.24, 2.45) is 0 Å². The minimum atomic E-state index is -0.854. The van der Waals surface area contributed by atoms with Gasteiger partial charge in [-0.1, -0.05) is 43.2 Å². The van der Waals surface area contributed by atoms with E-state index in [4.69, 9.17) is 15.2 Å². The number of carbonyl (C=O) groups excluding carboxylic acids is 1. The van der Waals surface area contributed by atoms with Gasteiger partial charge in [0, 0.05) is 11.1 Å². The lowest BCUT2D eigenvalue weighted by Gasteiger charge is -2.37. The second-order valence-corrected chi connectivity index (χ2v) is 9.79. The fourth-order valence-corrected chi connectivity index (χ4v) is 4.33. The molecule has 1 fully saturated rings. The van der Waals surface area contributed by atoms with Gasteiger partial charge in [0.25, 0.3) is 5.91 Å². The highest BCUT2D eigenvalue weighted by Crippen LogP contribution is 2.38. The van der Waals surface area contributed by atoms with Gasteiger partial charge in [0.2, 0.25) is 0 Å². The number of aliphatic hydroxyl groups is 1. The van der Waals surface area contributed by atoms with Crippen LogP contribution in [-0.2, 0) is 11.4 Å². The molecule has 8 nitrogen and oxygen atoms in total. The molecular weight excluding hydrogens is 436 g/mol. The fourth-order valence-electron chi connectivity index (χ4n) is 4.33. The molecule has 1 aliphatic carbocycles. The van der Waals surface area contributed by atoms with Gasteiger partial charge < -0.3 is 14.7 Å². The van der Waals surface area contributed by atoms with Crippen LogP contribution in [0.25, 0.3) is 0 Å². The van der Waals surface area contributed by atoms with Gasteiger partial charge in [0.15, 0.2) is 0 Å². The quantitative estimate of drug-likeness (QED) is 0.436. The molecule has 1 saturated carbocycles. The molecule has 3 rings (SSSR count). The van der Waals surface area contributed by atoms with Crippen LogP contribution in [0.5, 0.6) is 5.75 Å². The Morgan fingerprint density at radius 2 is 1.71 bits per heavy atom. The third-order valence-corrected chi connectivity index (χ3v) is 6.14. The number of carbonyl (C=O) groups is 1. The third-order valence-electron chi connectivity index (χ3n) is 6.14. The number of rotatable bonds is 10. The molecule has 1 aliphatic rings. The van der Waals surface area contributed by atoms with Crippen LogP contribution in [0.1, 0.15) is 73.9 Å². The Kier molecular flexibility index (Phi) is 9.04. The summed E-state index contributed by atoms with van der Waals surface area (Å²) in [5.41, 5.74) is 1.81. The molecule has 0 unspecified atom stereocenters. The van der Waals surface area contributed by atoms with Gasteiger partial charge in [-0.3, -0.25) is 15.2 Å². The van der Waals surface area contributed by atoms with Gasteiger partial charge in [-0.25, -0.2) is 4.84 Å². The maximum absolute atomic E-state index is 13.3. The number of amides is 1. The SMILES string of the molecule is CC(C)(C)N(C[C@H](O)COc1ccccc1C1CCCC1)C(=O)c1ccc(CON(O)O)cc1. The molecule has 0 bridgehead atoms. The van der Waals surface area contributed by atoms with Crippen LogP contribution in [0.3, 0.4) is 0 Å². The number of β-amino-alcohol motifs (C(OH)–C–C–N with tert-alkyl or cyclic N) is 1. The Labute approximate surface area is 201 Å². The van der Waals surface area contributed by atoms with Crippen LogP contribution < -0.4 is 4.74 Å². The van der Waals surface area contributed by atoms with Gasteiger partial charge in [-0.05, 0) is 68.9 Å². The number of para-hydroxylation sites is 1. The average molecular weight is 473 g/mol. The van der Waals surface area contributed by atoms with Crippen molar-refractivity contribution in [3.05, 3.63) is 65.2 Å². The van der Waals surface area contributed by atoms with E-state index in [1.807, 2.05) is 39.0 Å². The van der Waals surface area contributed by atoms with E-state index in [1.165, 1.54) is 31.2 Å². The molecule has 2 aromatic carbocycles. The van der Waals surface area contributed by atoms with Gasteiger partial charge in [0.05, 0.1) is 18.5 Å². The van der Waals surface area contributed by atoms with E-state index in [0.717, 1.165) is 5.75 Å². The first-order valence-electron chi connectivity index (χ1n) is 11.8. The molecule has 0 radical (unpaired) electrons. The summed E-state index contributed by atoms with van der Waals surface area (Å²) >= 11 is 0. The summed E-state index contributed by atoms with van der Waals surface area (Å²) in [6.07, 6.45) is 3.95. The number of benzene rings is 2. The van der Waals surface area contributed by atoms with Gasteiger partial charge in [-0.15, -0.1) is 0 Å². The minimum Gasteiger partial charge on any atom is -0.491 e. The smallest absolute Gasteiger partial charge is 0.254 e. The Morgan fingerprint density at radius 3 is 2.32 bits per heavy atom. The Bertz CT molecular complexity index is 920. The Morgan fingerprint density at radius 1 is 1.06 bits per heavy atom. The number of ether oxygens (including phenoxy) is 1. The monoisotopic (exact) mass is 472 g/mol. The molecule has 3 N–H and O–H groups in total. The van der Waals surface area contributed by atoms with Crippen LogP contribution >= 0.6 is 0 Å². The van der Waals surface area contributed by atoms with Crippen LogP contribution in [-0.4, -0.2) is 56.5 Å². The van der Waals surface area contributed by atoms with Gasteiger partial charge in [0.1, 0.15) is 18.5 Å². The van der Waals surface area contributed by atoms with Crippen molar-refractivity contribution in [1.29, 1.82) is 0 Å². The van der Waals surface area contributed by atoms with E-state index < -0.39 is 11.6 Å². The molecule has 0 aromatic heterocycles. The fraction of sp³-hybridized carbons (Fsp3) is 0.500. The molecule has 0 saturated heterocycles. The van der Waals surface area contributed by atoms with Crippen molar-refractivity contribution in [3.63, 3.8) is 0 Å². The summed E-state index contributed by atoms with van der Waals surface area (Å²) in [5, 5.41) is 27.7. The minimum absolute atomic E-state index is 0.0527. The molecule has 34 heavy (non-hydrogen) atoms. The summed E-state index contributed by atoms with van der Waals surface area (Å²) in [7, 11) is 0. The highest BCUT2D eigenvalue weighted by atomic mass is 17.1. The van der Waals surface area contributed by atoms with E-state index in [-0.39, 0.29) is 31.1 Å². The van der Waals surface area contributed by atoms with Crippen LogP contribution in [0, 0.1) is 0 Å². The lowest BCUT2D eigenvalue weighted by Crippen LogP contribution is -2.50. The molecule has 1 atom stereocenters. The largest absolute Gasteiger partial charge is 0.491 e. The second-order valence-electron chi connectivity index (χ2n) is 9.79. The van der Waals surface area contributed by atoms with Crippen molar-refractivity contribution in [3.8, 4) is 5.75 Å². The number of hydrogen-bond acceptors (Lipinski definition) is 7. The highest BCUT2D eigenvalue weighted by Gasteiger charge is 2.30. The Balaban J connectivity index is 1.63. The molecule has 0 spiro atoms. The summed E-state index contributed by atoms with van der Waals surface area (Å²) in [6.45, 7) is 5.94. The molecule has 186 valence electrons. The molecule has 0 heterocycles. The summed E-state index contributed by atoms with van der Waals surface area (Å²) < 4.78 is 6.03. The zero-order valence-corrected chi connectivity index (χ0v) is 20.2.